The molecule has 0 radical (unpaired) electrons. The van der Waals surface area contributed by atoms with Gasteiger partial charge in [-0.2, -0.15) is 0 Å². The van der Waals surface area contributed by atoms with E-state index in [9.17, 15) is 9.18 Å². The zero-order valence-corrected chi connectivity index (χ0v) is 11.6. The Morgan fingerprint density at radius 1 is 1.39 bits per heavy atom. The van der Waals surface area contributed by atoms with Gasteiger partial charge in [-0.1, -0.05) is 11.6 Å². The SMILES string of the molecule is CC(C)(C)NCCC(=O)Nc1cc(Cl)ccc1F. The van der Waals surface area contributed by atoms with E-state index in [1.54, 1.807) is 0 Å². The first kappa shape index (κ1) is 14.9. The molecule has 1 rings (SSSR count). The van der Waals surface area contributed by atoms with Crippen LogP contribution in [0.5, 0.6) is 0 Å². The maximum atomic E-state index is 13.4. The molecule has 3 nitrogen and oxygen atoms in total. The fourth-order valence-electron chi connectivity index (χ4n) is 1.36. The van der Waals surface area contributed by atoms with E-state index >= 15 is 0 Å². The fraction of sp³-hybridized carbons (Fsp3) is 0.462. The molecular formula is C13H18ClFN2O. The Kier molecular flexibility index (Phi) is 5.11. The Morgan fingerprint density at radius 3 is 2.67 bits per heavy atom. The summed E-state index contributed by atoms with van der Waals surface area (Å²) in [6, 6.07) is 4.06. The minimum Gasteiger partial charge on any atom is -0.324 e. The number of anilines is 1. The van der Waals surface area contributed by atoms with Crippen LogP contribution in [-0.2, 0) is 4.79 Å². The van der Waals surface area contributed by atoms with Crippen molar-refractivity contribution in [2.45, 2.75) is 32.7 Å². The quantitative estimate of drug-likeness (QED) is 0.884. The predicted molar refractivity (Wildman–Crippen MR) is 72.4 cm³/mol. The van der Waals surface area contributed by atoms with Crippen molar-refractivity contribution in [1.29, 1.82) is 0 Å². The van der Waals surface area contributed by atoms with E-state index in [1.165, 1.54) is 18.2 Å². The molecule has 0 unspecified atom stereocenters. The van der Waals surface area contributed by atoms with Gasteiger partial charge in [-0.05, 0) is 39.0 Å². The molecule has 0 spiro atoms. The number of benzene rings is 1. The second kappa shape index (κ2) is 6.16. The molecule has 1 aromatic rings. The number of amides is 1. The fourth-order valence-corrected chi connectivity index (χ4v) is 1.53. The van der Waals surface area contributed by atoms with Crippen LogP contribution in [0.2, 0.25) is 5.02 Å². The summed E-state index contributed by atoms with van der Waals surface area (Å²) in [5.41, 5.74) is 0.0740. The summed E-state index contributed by atoms with van der Waals surface area (Å²) in [7, 11) is 0. The van der Waals surface area contributed by atoms with Gasteiger partial charge in [0.15, 0.2) is 0 Å². The first-order chi connectivity index (χ1) is 8.28. The summed E-state index contributed by atoms with van der Waals surface area (Å²) in [5, 5.41) is 6.07. The van der Waals surface area contributed by atoms with Crippen LogP contribution < -0.4 is 10.6 Å². The minimum absolute atomic E-state index is 0.0401. The van der Waals surface area contributed by atoms with E-state index in [2.05, 4.69) is 10.6 Å². The average molecular weight is 273 g/mol. The van der Waals surface area contributed by atoms with Gasteiger partial charge >= 0.3 is 0 Å². The van der Waals surface area contributed by atoms with Gasteiger partial charge in [-0.3, -0.25) is 4.79 Å². The Hall–Kier alpha value is -1.13. The van der Waals surface area contributed by atoms with Gasteiger partial charge in [0.25, 0.3) is 0 Å². The van der Waals surface area contributed by atoms with Crippen LogP contribution in [0.3, 0.4) is 0 Å². The second-order valence-electron chi connectivity index (χ2n) is 5.10. The third kappa shape index (κ3) is 5.47. The highest BCUT2D eigenvalue weighted by Crippen LogP contribution is 2.19. The van der Waals surface area contributed by atoms with Gasteiger partial charge in [0.1, 0.15) is 5.82 Å². The Bertz CT molecular complexity index is 429. The number of hydrogen-bond acceptors (Lipinski definition) is 2. The smallest absolute Gasteiger partial charge is 0.225 e. The predicted octanol–water partition coefficient (Wildman–Crippen LogP) is 3.20. The van der Waals surface area contributed by atoms with Crippen molar-refractivity contribution >= 4 is 23.2 Å². The van der Waals surface area contributed by atoms with Crippen LogP contribution in [0.15, 0.2) is 18.2 Å². The zero-order valence-electron chi connectivity index (χ0n) is 10.8. The first-order valence-corrected chi connectivity index (χ1v) is 6.16. The third-order valence-corrected chi connectivity index (χ3v) is 2.44. The molecule has 0 bridgehead atoms. The van der Waals surface area contributed by atoms with Crippen molar-refractivity contribution < 1.29 is 9.18 Å². The molecule has 0 atom stereocenters. The molecule has 0 fully saturated rings. The molecule has 1 aromatic carbocycles. The highest BCUT2D eigenvalue weighted by atomic mass is 35.5. The topological polar surface area (TPSA) is 41.1 Å². The molecule has 0 heterocycles. The number of halogens is 2. The van der Waals surface area contributed by atoms with Gasteiger partial charge in [0.05, 0.1) is 5.69 Å². The molecule has 0 aliphatic heterocycles. The lowest BCUT2D eigenvalue weighted by Crippen LogP contribution is -2.37. The standard InChI is InChI=1S/C13H18ClFN2O/c1-13(2,3)16-7-6-12(18)17-11-8-9(14)4-5-10(11)15/h4-5,8,16H,6-7H2,1-3H3,(H,17,18). The van der Waals surface area contributed by atoms with Crippen molar-refractivity contribution in [1.82, 2.24) is 5.32 Å². The van der Waals surface area contributed by atoms with E-state index < -0.39 is 5.82 Å². The first-order valence-electron chi connectivity index (χ1n) is 5.78. The van der Waals surface area contributed by atoms with Crippen molar-refractivity contribution in [2.75, 3.05) is 11.9 Å². The summed E-state index contributed by atoms with van der Waals surface area (Å²) < 4.78 is 13.4. The second-order valence-corrected chi connectivity index (χ2v) is 5.54. The summed E-state index contributed by atoms with van der Waals surface area (Å²) in [6.07, 6.45) is 0.281. The Labute approximate surface area is 112 Å². The molecule has 2 N–H and O–H groups in total. The monoisotopic (exact) mass is 272 g/mol. The normalized spacial score (nSPS) is 11.4. The lowest BCUT2D eigenvalue weighted by molar-refractivity contribution is -0.116. The van der Waals surface area contributed by atoms with Crippen molar-refractivity contribution in [3.8, 4) is 0 Å². The number of carbonyl (C=O) groups is 1. The van der Waals surface area contributed by atoms with Crippen LogP contribution in [-0.4, -0.2) is 18.0 Å². The molecule has 5 heteroatoms. The van der Waals surface area contributed by atoms with E-state index in [1.807, 2.05) is 20.8 Å². The summed E-state index contributed by atoms with van der Waals surface area (Å²) >= 11 is 5.73. The Morgan fingerprint density at radius 2 is 2.06 bits per heavy atom. The maximum absolute atomic E-state index is 13.4. The van der Waals surface area contributed by atoms with Crippen molar-refractivity contribution in [3.05, 3.63) is 29.0 Å². The molecule has 100 valence electrons. The molecule has 0 aromatic heterocycles. The van der Waals surface area contributed by atoms with Gasteiger partial charge in [-0.25, -0.2) is 4.39 Å². The Balaban J connectivity index is 2.47. The van der Waals surface area contributed by atoms with Gasteiger partial charge in [0, 0.05) is 23.5 Å². The van der Waals surface area contributed by atoms with Crippen LogP contribution >= 0.6 is 11.6 Å². The number of carbonyl (C=O) groups excluding carboxylic acids is 1. The lowest BCUT2D eigenvalue weighted by Gasteiger charge is -2.20. The number of rotatable bonds is 4. The summed E-state index contributed by atoms with van der Waals surface area (Å²) in [4.78, 5) is 11.6. The van der Waals surface area contributed by atoms with E-state index in [0.29, 0.717) is 11.6 Å². The van der Waals surface area contributed by atoms with Gasteiger partial charge in [0.2, 0.25) is 5.91 Å². The van der Waals surface area contributed by atoms with Crippen LogP contribution in [0.1, 0.15) is 27.2 Å². The number of hydrogen-bond donors (Lipinski definition) is 2. The number of nitrogens with one attached hydrogen (secondary N) is 2. The van der Waals surface area contributed by atoms with Crippen LogP contribution in [0, 0.1) is 5.82 Å². The molecular weight excluding hydrogens is 255 g/mol. The summed E-state index contributed by atoms with van der Waals surface area (Å²) in [6.45, 7) is 6.59. The van der Waals surface area contributed by atoms with Crippen molar-refractivity contribution in [2.24, 2.45) is 0 Å². The highest BCUT2D eigenvalue weighted by molar-refractivity contribution is 6.30. The highest BCUT2D eigenvalue weighted by Gasteiger charge is 2.11. The van der Waals surface area contributed by atoms with E-state index in [0.717, 1.165) is 0 Å². The average Bonchev–Trinajstić information content (AvgIpc) is 2.21. The minimum atomic E-state index is -0.489. The van der Waals surface area contributed by atoms with Crippen molar-refractivity contribution in [3.63, 3.8) is 0 Å². The van der Waals surface area contributed by atoms with Gasteiger partial charge < -0.3 is 10.6 Å². The molecule has 18 heavy (non-hydrogen) atoms. The molecule has 1 amide bonds. The molecule has 0 aliphatic rings. The largest absolute Gasteiger partial charge is 0.324 e. The van der Waals surface area contributed by atoms with Gasteiger partial charge in [-0.15, -0.1) is 0 Å². The maximum Gasteiger partial charge on any atom is 0.225 e. The van der Waals surface area contributed by atoms with E-state index in [-0.39, 0.29) is 23.6 Å². The van der Waals surface area contributed by atoms with Crippen LogP contribution in [0.4, 0.5) is 10.1 Å². The van der Waals surface area contributed by atoms with E-state index in [4.69, 9.17) is 11.6 Å². The summed E-state index contributed by atoms with van der Waals surface area (Å²) in [5.74, 6) is -0.732. The molecule has 0 saturated heterocycles. The van der Waals surface area contributed by atoms with Crippen LogP contribution in [0.25, 0.3) is 0 Å². The third-order valence-electron chi connectivity index (χ3n) is 2.21. The zero-order chi connectivity index (χ0) is 13.8. The lowest BCUT2D eigenvalue weighted by atomic mass is 10.1. The molecule has 0 saturated carbocycles. The molecule has 0 aliphatic carbocycles.